The Bertz CT molecular complexity index is 776. The van der Waals surface area contributed by atoms with Crippen LogP contribution in [0.1, 0.15) is 27.0 Å². The lowest BCUT2D eigenvalue weighted by atomic mass is 10.1. The number of likely N-dealkylation sites (N-methyl/N-ethyl adjacent to an activating group) is 1. The van der Waals surface area contributed by atoms with Crippen molar-refractivity contribution in [1.29, 1.82) is 5.26 Å². The molecule has 0 saturated carbocycles. The summed E-state index contributed by atoms with van der Waals surface area (Å²) < 4.78 is 5.04. The highest BCUT2D eigenvalue weighted by molar-refractivity contribution is 5.91. The van der Waals surface area contributed by atoms with Crippen LogP contribution in [0.4, 0.5) is 0 Å². The molecule has 122 valence electrons. The molecule has 0 aliphatic carbocycles. The molecule has 0 heterocycles. The van der Waals surface area contributed by atoms with Gasteiger partial charge in [-0.3, -0.25) is 4.79 Å². The first-order chi connectivity index (χ1) is 11.5. The standard InChI is InChI=1S/C19H18N2O3/c1-14-5-3-4-6-17(14)12-21(2)18(22)13-24-19(23)16-9-7-15(11-20)8-10-16/h3-10H,12-13H2,1-2H3. The number of aryl methyl sites for hydroxylation is 1. The van der Waals surface area contributed by atoms with Gasteiger partial charge in [-0.05, 0) is 42.3 Å². The molecule has 24 heavy (non-hydrogen) atoms. The van der Waals surface area contributed by atoms with Crippen LogP contribution in [-0.4, -0.2) is 30.4 Å². The first kappa shape index (κ1) is 17.2. The van der Waals surface area contributed by atoms with E-state index in [1.54, 1.807) is 7.05 Å². The fourth-order valence-electron chi connectivity index (χ4n) is 2.13. The van der Waals surface area contributed by atoms with Gasteiger partial charge in [-0.25, -0.2) is 4.79 Å². The van der Waals surface area contributed by atoms with E-state index in [2.05, 4.69) is 0 Å². The van der Waals surface area contributed by atoms with Gasteiger partial charge in [-0.15, -0.1) is 0 Å². The van der Waals surface area contributed by atoms with Crippen molar-refractivity contribution in [3.05, 3.63) is 70.8 Å². The highest BCUT2D eigenvalue weighted by Crippen LogP contribution is 2.10. The molecule has 0 bridgehead atoms. The zero-order chi connectivity index (χ0) is 17.5. The van der Waals surface area contributed by atoms with Crippen LogP contribution in [0.15, 0.2) is 48.5 Å². The zero-order valence-corrected chi connectivity index (χ0v) is 13.7. The van der Waals surface area contributed by atoms with Crippen molar-refractivity contribution < 1.29 is 14.3 Å². The third-order valence-electron chi connectivity index (χ3n) is 3.67. The Morgan fingerprint density at radius 2 is 1.79 bits per heavy atom. The summed E-state index contributed by atoms with van der Waals surface area (Å²) in [7, 11) is 1.67. The Morgan fingerprint density at radius 1 is 1.12 bits per heavy atom. The minimum atomic E-state index is -0.586. The first-order valence-corrected chi connectivity index (χ1v) is 7.47. The van der Waals surface area contributed by atoms with Gasteiger partial charge in [-0.2, -0.15) is 5.26 Å². The van der Waals surface area contributed by atoms with E-state index in [4.69, 9.17) is 10.00 Å². The molecular weight excluding hydrogens is 304 g/mol. The molecular formula is C19H18N2O3. The molecule has 0 aliphatic rings. The molecule has 2 rings (SSSR count). The molecule has 0 saturated heterocycles. The van der Waals surface area contributed by atoms with E-state index >= 15 is 0 Å². The maximum Gasteiger partial charge on any atom is 0.338 e. The van der Waals surface area contributed by atoms with Gasteiger partial charge in [0.25, 0.3) is 5.91 Å². The SMILES string of the molecule is Cc1ccccc1CN(C)C(=O)COC(=O)c1ccc(C#N)cc1. The van der Waals surface area contributed by atoms with Crippen molar-refractivity contribution in [3.8, 4) is 6.07 Å². The van der Waals surface area contributed by atoms with E-state index in [9.17, 15) is 9.59 Å². The van der Waals surface area contributed by atoms with Crippen molar-refractivity contribution in [2.24, 2.45) is 0 Å². The third kappa shape index (κ3) is 4.43. The van der Waals surface area contributed by atoms with Crippen LogP contribution in [0.25, 0.3) is 0 Å². The highest BCUT2D eigenvalue weighted by Gasteiger charge is 2.14. The summed E-state index contributed by atoms with van der Waals surface area (Å²) in [5, 5.41) is 8.73. The van der Waals surface area contributed by atoms with Crippen LogP contribution in [0.5, 0.6) is 0 Å². The number of nitriles is 1. The molecule has 0 radical (unpaired) electrons. The van der Waals surface area contributed by atoms with Gasteiger partial charge in [0.15, 0.2) is 6.61 Å². The normalized spacial score (nSPS) is 9.88. The summed E-state index contributed by atoms with van der Waals surface area (Å²) in [5.74, 6) is -0.864. The van der Waals surface area contributed by atoms with E-state index in [1.807, 2.05) is 37.3 Å². The van der Waals surface area contributed by atoms with E-state index in [-0.39, 0.29) is 12.5 Å². The second-order valence-electron chi connectivity index (χ2n) is 5.44. The number of hydrogen-bond acceptors (Lipinski definition) is 4. The van der Waals surface area contributed by atoms with Crippen LogP contribution in [-0.2, 0) is 16.1 Å². The number of carbonyl (C=O) groups is 2. The molecule has 0 aromatic heterocycles. The number of esters is 1. The number of rotatable bonds is 5. The average Bonchev–Trinajstić information content (AvgIpc) is 2.61. The predicted molar refractivity (Wildman–Crippen MR) is 89.1 cm³/mol. The lowest BCUT2D eigenvalue weighted by Crippen LogP contribution is -2.31. The molecule has 1 amide bonds. The van der Waals surface area contributed by atoms with Crippen molar-refractivity contribution in [2.75, 3.05) is 13.7 Å². The Balaban J connectivity index is 1.88. The predicted octanol–water partition coefficient (Wildman–Crippen LogP) is 2.68. The topological polar surface area (TPSA) is 70.4 Å². The van der Waals surface area contributed by atoms with Gasteiger partial charge in [0.1, 0.15) is 0 Å². The quantitative estimate of drug-likeness (QED) is 0.794. The van der Waals surface area contributed by atoms with Crippen molar-refractivity contribution >= 4 is 11.9 Å². The number of benzene rings is 2. The molecule has 0 atom stereocenters. The molecule has 0 spiro atoms. The van der Waals surface area contributed by atoms with Crippen LogP contribution >= 0.6 is 0 Å². The Morgan fingerprint density at radius 3 is 2.42 bits per heavy atom. The lowest BCUT2D eigenvalue weighted by molar-refractivity contribution is -0.133. The fraction of sp³-hybridized carbons (Fsp3) is 0.211. The van der Waals surface area contributed by atoms with Gasteiger partial charge in [0.2, 0.25) is 0 Å². The molecule has 0 fully saturated rings. The van der Waals surface area contributed by atoms with Crippen molar-refractivity contribution in [2.45, 2.75) is 13.5 Å². The molecule has 2 aromatic rings. The zero-order valence-electron chi connectivity index (χ0n) is 13.7. The van der Waals surface area contributed by atoms with Gasteiger partial charge in [0, 0.05) is 13.6 Å². The summed E-state index contributed by atoms with van der Waals surface area (Å²) >= 11 is 0. The highest BCUT2D eigenvalue weighted by atomic mass is 16.5. The maximum absolute atomic E-state index is 12.1. The summed E-state index contributed by atoms with van der Waals surface area (Å²) in [5.41, 5.74) is 2.92. The number of nitrogens with zero attached hydrogens (tertiary/aromatic N) is 2. The molecule has 0 aliphatic heterocycles. The van der Waals surface area contributed by atoms with Crippen molar-refractivity contribution in [3.63, 3.8) is 0 Å². The van der Waals surface area contributed by atoms with Crippen molar-refractivity contribution in [1.82, 2.24) is 4.90 Å². The Kier molecular flexibility index (Phi) is 5.69. The van der Waals surface area contributed by atoms with E-state index in [0.29, 0.717) is 17.7 Å². The second kappa shape index (κ2) is 7.93. The molecule has 2 aromatic carbocycles. The molecule has 5 heteroatoms. The van der Waals surface area contributed by atoms with Crippen LogP contribution in [0.2, 0.25) is 0 Å². The van der Waals surface area contributed by atoms with Gasteiger partial charge in [0.05, 0.1) is 17.2 Å². The number of ether oxygens (including phenoxy) is 1. The molecule has 5 nitrogen and oxygen atoms in total. The largest absolute Gasteiger partial charge is 0.452 e. The van der Waals surface area contributed by atoms with E-state index in [0.717, 1.165) is 11.1 Å². The molecule has 0 N–H and O–H groups in total. The van der Waals surface area contributed by atoms with Crippen LogP contribution in [0.3, 0.4) is 0 Å². The van der Waals surface area contributed by atoms with E-state index < -0.39 is 5.97 Å². The first-order valence-electron chi connectivity index (χ1n) is 7.47. The second-order valence-corrected chi connectivity index (χ2v) is 5.44. The minimum Gasteiger partial charge on any atom is -0.452 e. The van der Waals surface area contributed by atoms with Gasteiger partial charge >= 0.3 is 5.97 Å². The van der Waals surface area contributed by atoms with Gasteiger partial charge in [-0.1, -0.05) is 24.3 Å². The molecule has 0 unspecified atom stereocenters. The summed E-state index contributed by atoms with van der Waals surface area (Å²) in [6, 6.07) is 15.9. The Hall–Kier alpha value is -3.13. The fourth-order valence-corrected chi connectivity index (χ4v) is 2.13. The average molecular weight is 322 g/mol. The minimum absolute atomic E-state index is 0.278. The number of amides is 1. The Labute approximate surface area is 141 Å². The lowest BCUT2D eigenvalue weighted by Gasteiger charge is -2.18. The smallest absolute Gasteiger partial charge is 0.338 e. The monoisotopic (exact) mass is 322 g/mol. The van der Waals surface area contributed by atoms with Crippen LogP contribution in [0, 0.1) is 18.3 Å². The maximum atomic E-state index is 12.1. The number of carbonyl (C=O) groups excluding carboxylic acids is 2. The summed E-state index contributed by atoms with van der Waals surface area (Å²) in [4.78, 5) is 25.5. The summed E-state index contributed by atoms with van der Waals surface area (Å²) in [6.07, 6.45) is 0. The third-order valence-corrected chi connectivity index (χ3v) is 3.67. The van der Waals surface area contributed by atoms with Gasteiger partial charge < -0.3 is 9.64 Å². The summed E-state index contributed by atoms with van der Waals surface area (Å²) in [6.45, 7) is 2.12. The number of hydrogen-bond donors (Lipinski definition) is 0. The van der Waals surface area contributed by atoms with Crippen LogP contribution < -0.4 is 0 Å². The van der Waals surface area contributed by atoms with E-state index in [1.165, 1.54) is 29.2 Å².